The van der Waals surface area contributed by atoms with Gasteiger partial charge in [0.25, 0.3) is 0 Å². The van der Waals surface area contributed by atoms with Gasteiger partial charge in [-0.05, 0) is 67.9 Å². The predicted octanol–water partition coefficient (Wildman–Crippen LogP) is 3.04. The van der Waals surface area contributed by atoms with Crippen LogP contribution in [0, 0.1) is 5.41 Å². The Bertz CT molecular complexity index is 1260. The molecule has 2 heterocycles. The van der Waals surface area contributed by atoms with Crippen molar-refractivity contribution in [3.63, 3.8) is 0 Å². The molecule has 10 heteroatoms. The van der Waals surface area contributed by atoms with Crippen LogP contribution in [0.25, 0.3) is 11.1 Å². The Kier molecular flexibility index (Phi) is 4.59. The Hall–Kier alpha value is -1.91. The summed E-state index contributed by atoms with van der Waals surface area (Å²) in [5.41, 5.74) is 13.5. The second kappa shape index (κ2) is 6.79. The Morgan fingerprint density at radius 3 is 2.61 bits per heavy atom. The largest absolute Gasteiger partial charge is 0.448 e. The molecule has 0 amide bonds. The molecule has 31 heavy (non-hydrogen) atoms. The molecule has 8 nitrogen and oxygen atoms in total. The van der Waals surface area contributed by atoms with Crippen molar-refractivity contribution in [2.75, 3.05) is 6.26 Å². The van der Waals surface area contributed by atoms with Crippen molar-refractivity contribution in [1.29, 1.82) is 0 Å². The van der Waals surface area contributed by atoms with Gasteiger partial charge in [-0.1, -0.05) is 11.6 Å². The number of nitrogens with zero attached hydrogens (tertiary/aromatic N) is 1. The van der Waals surface area contributed by atoms with Crippen molar-refractivity contribution in [3.05, 3.63) is 47.0 Å². The van der Waals surface area contributed by atoms with Crippen LogP contribution < -0.4 is 16.8 Å². The molecule has 166 valence electrons. The predicted molar refractivity (Wildman–Crippen MR) is 116 cm³/mol. The van der Waals surface area contributed by atoms with Crippen molar-refractivity contribution in [1.82, 2.24) is 10.3 Å². The lowest BCUT2D eigenvalue weighted by atomic mass is 9.56. The summed E-state index contributed by atoms with van der Waals surface area (Å²) in [4.78, 5) is 4.57. The van der Waals surface area contributed by atoms with E-state index in [-0.39, 0.29) is 10.5 Å². The van der Waals surface area contributed by atoms with E-state index in [1.54, 1.807) is 24.3 Å². The number of furan rings is 1. The van der Waals surface area contributed by atoms with Gasteiger partial charge in [0.15, 0.2) is 5.58 Å². The number of sulfone groups is 1. The van der Waals surface area contributed by atoms with Crippen molar-refractivity contribution in [3.8, 4) is 0 Å². The van der Waals surface area contributed by atoms with Crippen molar-refractivity contribution in [2.24, 2.45) is 16.9 Å². The van der Waals surface area contributed by atoms with Crippen molar-refractivity contribution < 1.29 is 17.3 Å². The maximum absolute atomic E-state index is 11.6. The summed E-state index contributed by atoms with van der Waals surface area (Å²) in [6.45, 7) is 0.363. The number of fused-ring (bicyclic) bond motifs is 1. The number of oxazole rings is 1. The summed E-state index contributed by atoms with van der Waals surface area (Å²) in [5.74, 6) is 1.08. The van der Waals surface area contributed by atoms with E-state index in [1.807, 2.05) is 0 Å². The number of benzene rings is 1. The quantitative estimate of drug-likeness (QED) is 0.490. The number of halogens is 1. The Morgan fingerprint density at radius 1 is 1.13 bits per heavy atom. The molecule has 1 aromatic carbocycles. The molecule has 0 saturated heterocycles. The van der Waals surface area contributed by atoms with Crippen LogP contribution in [-0.2, 0) is 21.9 Å². The van der Waals surface area contributed by atoms with Gasteiger partial charge >= 0.3 is 0 Å². The maximum atomic E-state index is 11.6. The third kappa shape index (κ3) is 3.78. The molecule has 3 aromatic rings. The molecule has 1 atom stereocenters. The molecule has 2 aliphatic rings. The fourth-order valence-electron chi connectivity index (χ4n) is 5.25. The zero-order chi connectivity index (χ0) is 22.1. The van der Waals surface area contributed by atoms with Crippen molar-refractivity contribution in [2.45, 2.75) is 54.9 Å². The number of hydrogen-bond donors (Lipinski definition) is 3. The summed E-state index contributed by atoms with van der Waals surface area (Å²) < 4.78 is 34.5. The van der Waals surface area contributed by atoms with E-state index >= 15 is 0 Å². The molecule has 0 bridgehead atoms. The van der Waals surface area contributed by atoms with Gasteiger partial charge in [0, 0.05) is 11.3 Å². The molecule has 2 fully saturated rings. The van der Waals surface area contributed by atoms with E-state index in [0.717, 1.165) is 38.4 Å². The number of nitrogens with two attached hydrogens (primary N) is 2. The monoisotopic (exact) mass is 464 g/mol. The maximum Gasteiger partial charge on any atom is 0.217 e. The summed E-state index contributed by atoms with van der Waals surface area (Å²) in [6.07, 6.45) is 5.14. The van der Waals surface area contributed by atoms with Gasteiger partial charge < -0.3 is 20.3 Å². The molecule has 2 saturated carbocycles. The van der Waals surface area contributed by atoms with Crippen LogP contribution in [0.3, 0.4) is 0 Å². The van der Waals surface area contributed by atoms with Gasteiger partial charge in [0.05, 0.1) is 17.7 Å². The zero-order valence-corrected chi connectivity index (χ0v) is 18.7. The molecule has 5 N–H and O–H groups in total. The van der Waals surface area contributed by atoms with Crippen LogP contribution >= 0.6 is 11.6 Å². The second-order valence-electron chi connectivity index (χ2n) is 9.32. The van der Waals surface area contributed by atoms with E-state index in [2.05, 4.69) is 10.3 Å². The zero-order valence-electron chi connectivity index (χ0n) is 17.2. The Balaban J connectivity index is 1.24. The van der Waals surface area contributed by atoms with E-state index in [1.165, 1.54) is 6.07 Å². The lowest BCUT2D eigenvalue weighted by Crippen LogP contribution is -2.58. The first-order chi connectivity index (χ1) is 14.5. The van der Waals surface area contributed by atoms with Gasteiger partial charge in [-0.25, -0.2) is 13.4 Å². The number of nitrogens with one attached hydrogen (secondary N) is 1. The number of hydrogen-bond acceptors (Lipinski definition) is 8. The molecule has 2 aromatic heterocycles. The van der Waals surface area contributed by atoms with Crippen LogP contribution in [-0.4, -0.2) is 25.3 Å². The Morgan fingerprint density at radius 2 is 1.90 bits per heavy atom. The SMILES string of the molecule is CS(=O)(=O)c1ccc(CN[C@@]2(N)CC[C@]3(C2)C[C@@](N)(c2nc4cc(Cl)ccc4o2)C3)o1. The van der Waals surface area contributed by atoms with Gasteiger partial charge in [0.2, 0.25) is 20.8 Å². The minimum absolute atomic E-state index is 0.0372. The first-order valence-corrected chi connectivity index (χ1v) is 12.4. The van der Waals surface area contributed by atoms with Crippen molar-refractivity contribution >= 4 is 32.5 Å². The van der Waals surface area contributed by atoms with E-state index in [4.69, 9.17) is 31.9 Å². The first-order valence-electron chi connectivity index (χ1n) is 10.2. The normalized spacial score (nSPS) is 30.8. The molecule has 0 unspecified atom stereocenters. The highest BCUT2D eigenvalue weighted by molar-refractivity contribution is 7.90. The van der Waals surface area contributed by atoms with E-state index in [9.17, 15) is 8.42 Å². The summed E-state index contributed by atoms with van der Waals surface area (Å²) in [6, 6.07) is 8.48. The molecular weight excluding hydrogens is 440 g/mol. The van der Waals surface area contributed by atoms with Gasteiger partial charge in [-0.3, -0.25) is 5.32 Å². The molecule has 5 rings (SSSR count). The summed E-state index contributed by atoms with van der Waals surface area (Å²) in [5, 5.41) is 3.92. The van der Waals surface area contributed by atoms with Gasteiger partial charge in [-0.15, -0.1) is 0 Å². The average Bonchev–Trinajstić information content (AvgIpc) is 3.36. The number of aromatic nitrogens is 1. The topological polar surface area (TPSA) is 137 Å². The fraction of sp³-hybridized carbons (Fsp3) is 0.476. The van der Waals surface area contributed by atoms with Crippen LogP contribution in [0.2, 0.25) is 5.02 Å². The minimum atomic E-state index is -3.36. The third-order valence-electron chi connectivity index (χ3n) is 6.57. The van der Waals surface area contributed by atoms with Crippen LogP contribution in [0.4, 0.5) is 0 Å². The second-order valence-corrected chi connectivity index (χ2v) is 11.7. The Labute approximate surface area is 185 Å². The van der Waals surface area contributed by atoms with E-state index in [0.29, 0.717) is 34.3 Å². The molecule has 0 aliphatic heterocycles. The third-order valence-corrected chi connectivity index (χ3v) is 7.75. The molecule has 1 spiro atoms. The lowest BCUT2D eigenvalue weighted by molar-refractivity contribution is 0.00683. The fourth-order valence-corrected chi connectivity index (χ4v) is 5.99. The lowest BCUT2D eigenvalue weighted by Gasteiger charge is -2.51. The van der Waals surface area contributed by atoms with Crippen LogP contribution in [0.5, 0.6) is 0 Å². The highest BCUT2D eigenvalue weighted by atomic mass is 35.5. The molecule has 2 aliphatic carbocycles. The highest BCUT2D eigenvalue weighted by Gasteiger charge is 2.60. The van der Waals surface area contributed by atoms with Gasteiger partial charge in [-0.2, -0.15) is 0 Å². The first kappa shape index (κ1) is 21.0. The van der Waals surface area contributed by atoms with Crippen LogP contribution in [0.1, 0.15) is 43.8 Å². The standard InChI is InChI=1S/C21H25ClN4O4S/c1-31(27,28)17-5-3-14(29-17)9-25-21(24)7-6-19(12-21)10-20(23,11-19)18-26-15-8-13(22)2-4-16(15)30-18/h2-5,8,25H,6-7,9-12,23-24H2,1H3/t19-,20-,21-/m0/s1. The number of rotatable bonds is 5. The van der Waals surface area contributed by atoms with E-state index < -0.39 is 21.0 Å². The average molecular weight is 465 g/mol. The van der Waals surface area contributed by atoms with Crippen LogP contribution in [0.15, 0.2) is 44.3 Å². The summed E-state index contributed by atoms with van der Waals surface area (Å²) in [7, 11) is -3.36. The molecule has 0 radical (unpaired) electrons. The highest BCUT2D eigenvalue weighted by Crippen LogP contribution is 2.62. The summed E-state index contributed by atoms with van der Waals surface area (Å²) >= 11 is 6.05. The minimum Gasteiger partial charge on any atom is -0.448 e. The molecular formula is C21H25ClN4O4S. The smallest absolute Gasteiger partial charge is 0.217 e. The van der Waals surface area contributed by atoms with Gasteiger partial charge in [0.1, 0.15) is 11.3 Å².